The van der Waals surface area contributed by atoms with Crippen molar-refractivity contribution >= 4 is 40.4 Å². The highest BCUT2D eigenvalue weighted by molar-refractivity contribution is 5.95. The maximum absolute atomic E-state index is 13.9. The highest BCUT2D eigenvalue weighted by Gasteiger charge is 2.33. The van der Waals surface area contributed by atoms with Crippen molar-refractivity contribution in [3.05, 3.63) is 71.9 Å². The Bertz CT molecular complexity index is 1490. The number of amides is 5. The molecule has 1 aliphatic rings. The average molecular weight is 619 g/mol. The molecule has 1 aliphatic heterocycles. The molecule has 0 spiro atoms. The summed E-state index contributed by atoms with van der Waals surface area (Å²) in [5.74, 6) is -2.29. The largest absolute Gasteiger partial charge is 0.381 e. The number of nitrogens with one attached hydrogen (secondary N) is 4. The Balaban J connectivity index is 1.64. The van der Waals surface area contributed by atoms with Gasteiger partial charge in [-0.15, -0.1) is 0 Å². The predicted octanol–water partition coefficient (Wildman–Crippen LogP) is 1.15. The van der Waals surface area contributed by atoms with E-state index in [9.17, 15) is 24.0 Å². The number of H-pyrrole nitrogens is 1. The molecule has 240 valence electrons. The summed E-state index contributed by atoms with van der Waals surface area (Å²) in [6, 6.07) is 14.0. The zero-order valence-electron chi connectivity index (χ0n) is 26.0. The van der Waals surface area contributed by atoms with E-state index in [-0.39, 0.29) is 51.4 Å². The Hall–Kier alpha value is -4.71. The second-order valence-corrected chi connectivity index (χ2v) is 11.1. The summed E-state index contributed by atoms with van der Waals surface area (Å²) >= 11 is 0. The summed E-state index contributed by atoms with van der Waals surface area (Å²) < 4.78 is 5.34. The Morgan fingerprint density at radius 1 is 0.933 bits per heavy atom. The lowest BCUT2D eigenvalue weighted by Gasteiger charge is -2.30. The van der Waals surface area contributed by atoms with Crippen molar-refractivity contribution in [1.82, 2.24) is 30.7 Å². The first kappa shape index (κ1) is 33.2. The highest BCUT2D eigenvalue weighted by Crippen LogP contribution is 2.20. The fraction of sp³-hybridized carbons (Fsp3) is 0.424. The third kappa shape index (κ3) is 8.91. The molecule has 2 heterocycles. The summed E-state index contributed by atoms with van der Waals surface area (Å²) in [5.41, 5.74) is 2.54. The minimum Gasteiger partial charge on any atom is -0.381 e. The summed E-state index contributed by atoms with van der Waals surface area (Å²) in [4.78, 5) is 73.0. The third-order valence-electron chi connectivity index (χ3n) is 7.99. The van der Waals surface area contributed by atoms with Crippen LogP contribution in [-0.4, -0.2) is 102 Å². The van der Waals surface area contributed by atoms with Crippen molar-refractivity contribution in [3.8, 4) is 0 Å². The maximum Gasteiger partial charge on any atom is 0.245 e. The van der Waals surface area contributed by atoms with Gasteiger partial charge in [0.15, 0.2) is 0 Å². The molecule has 12 nitrogen and oxygen atoms in total. The topological polar surface area (TPSA) is 153 Å². The standard InChI is InChI=1S/C33H42N6O6/c1-4-45-17-14-30(41)39-16-15-34-32(43)27(18-23-10-6-5-7-11-23)37-31(42)22(2)38(3)33(44)28(36-29(40)21-39)19-24-20-35-26-13-9-8-12-25(24)26/h5-13,20,22,27-28,35H,4,14-19,21H2,1-3H3,(H,34,43)(H,36,40)(H,37,42)/t22-,27-,28-/m0/s1. The van der Waals surface area contributed by atoms with Gasteiger partial charge in [-0.05, 0) is 31.0 Å². The van der Waals surface area contributed by atoms with E-state index in [1.54, 1.807) is 13.1 Å². The van der Waals surface area contributed by atoms with Crippen LogP contribution in [0.1, 0.15) is 31.4 Å². The number of hydrogen-bond donors (Lipinski definition) is 4. The van der Waals surface area contributed by atoms with Gasteiger partial charge in [-0.1, -0.05) is 48.5 Å². The number of nitrogens with zero attached hydrogens (tertiary/aromatic N) is 2. The van der Waals surface area contributed by atoms with Crippen LogP contribution >= 0.6 is 0 Å². The van der Waals surface area contributed by atoms with Crippen molar-refractivity contribution < 1.29 is 28.7 Å². The minimum absolute atomic E-state index is 0.0491. The molecule has 4 N–H and O–H groups in total. The second kappa shape index (κ2) is 15.8. The monoisotopic (exact) mass is 618 g/mol. The molecule has 5 amide bonds. The SMILES string of the molecule is CCOCCC(=O)N1CCNC(=O)[C@H](Cc2ccccc2)NC(=O)[C@H](C)N(C)C(=O)[C@H](Cc2c[nH]c3ccccc23)NC(=O)C1. The average Bonchev–Trinajstić information content (AvgIpc) is 3.45. The number of hydrogen-bond acceptors (Lipinski definition) is 6. The van der Waals surface area contributed by atoms with Gasteiger partial charge in [-0.25, -0.2) is 0 Å². The summed E-state index contributed by atoms with van der Waals surface area (Å²) in [7, 11) is 1.49. The number of para-hydroxylation sites is 1. The van der Waals surface area contributed by atoms with E-state index in [1.165, 1.54) is 16.8 Å². The molecule has 0 saturated carbocycles. The number of rotatable bonds is 8. The van der Waals surface area contributed by atoms with E-state index in [2.05, 4.69) is 20.9 Å². The first-order chi connectivity index (χ1) is 21.7. The van der Waals surface area contributed by atoms with Crippen LogP contribution in [0.5, 0.6) is 0 Å². The second-order valence-electron chi connectivity index (χ2n) is 11.1. The maximum atomic E-state index is 13.9. The number of carbonyl (C=O) groups excluding carboxylic acids is 5. The van der Waals surface area contributed by atoms with Crippen molar-refractivity contribution in [1.29, 1.82) is 0 Å². The number of fused-ring (bicyclic) bond motifs is 1. The van der Waals surface area contributed by atoms with E-state index in [0.29, 0.717) is 6.61 Å². The predicted molar refractivity (Wildman–Crippen MR) is 169 cm³/mol. The van der Waals surface area contributed by atoms with Gasteiger partial charge < -0.3 is 35.5 Å². The molecule has 12 heteroatoms. The summed E-state index contributed by atoms with van der Waals surface area (Å²) in [6.45, 7) is 3.82. The van der Waals surface area contributed by atoms with Crippen LogP contribution in [0.4, 0.5) is 0 Å². The quantitative estimate of drug-likeness (QED) is 0.278. The molecule has 0 aliphatic carbocycles. The fourth-order valence-corrected chi connectivity index (χ4v) is 5.29. The van der Waals surface area contributed by atoms with Crippen LogP contribution < -0.4 is 16.0 Å². The number of likely N-dealkylation sites (N-methyl/N-ethyl adjacent to an activating group) is 1. The molecule has 0 unspecified atom stereocenters. The van der Waals surface area contributed by atoms with Gasteiger partial charge in [-0.3, -0.25) is 24.0 Å². The van der Waals surface area contributed by atoms with Gasteiger partial charge in [0, 0.05) is 56.7 Å². The summed E-state index contributed by atoms with van der Waals surface area (Å²) in [6.07, 6.45) is 2.23. The molecule has 1 saturated heterocycles. The Morgan fingerprint density at radius 2 is 1.67 bits per heavy atom. The highest BCUT2D eigenvalue weighted by atomic mass is 16.5. The zero-order chi connectivity index (χ0) is 32.3. The van der Waals surface area contributed by atoms with Crippen molar-refractivity contribution in [2.24, 2.45) is 0 Å². The fourth-order valence-electron chi connectivity index (χ4n) is 5.29. The molecule has 4 rings (SSSR count). The van der Waals surface area contributed by atoms with Crippen molar-refractivity contribution in [2.75, 3.05) is 39.9 Å². The number of aromatic amines is 1. The molecule has 45 heavy (non-hydrogen) atoms. The molecule has 1 fully saturated rings. The molecule has 3 atom stereocenters. The van der Waals surface area contributed by atoms with Crippen LogP contribution in [0.25, 0.3) is 10.9 Å². The van der Waals surface area contributed by atoms with E-state index in [1.807, 2.05) is 61.5 Å². The van der Waals surface area contributed by atoms with Crippen LogP contribution in [0.3, 0.4) is 0 Å². The van der Waals surface area contributed by atoms with Crippen LogP contribution in [0, 0.1) is 0 Å². The Labute approximate surface area is 262 Å². The first-order valence-corrected chi connectivity index (χ1v) is 15.3. The third-order valence-corrected chi connectivity index (χ3v) is 7.99. The lowest BCUT2D eigenvalue weighted by Crippen LogP contribution is -2.57. The lowest BCUT2D eigenvalue weighted by atomic mass is 10.0. The van der Waals surface area contributed by atoms with Crippen LogP contribution in [0.15, 0.2) is 60.8 Å². The molecular formula is C33H42N6O6. The van der Waals surface area contributed by atoms with Crippen LogP contribution in [-0.2, 0) is 41.6 Å². The van der Waals surface area contributed by atoms with E-state index in [4.69, 9.17) is 4.74 Å². The van der Waals surface area contributed by atoms with Crippen molar-refractivity contribution in [3.63, 3.8) is 0 Å². The number of benzene rings is 2. The van der Waals surface area contributed by atoms with Gasteiger partial charge in [0.1, 0.15) is 18.1 Å². The minimum atomic E-state index is -1.03. The number of carbonyl (C=O) groups is 5. The first-order valence-electron chi connectivity index (χ1n) is 15.3. The zero-order valence-corrected chi connectivity index (χ0v) is 26.0. The molecule has 3 aromatic rings. The van der Waals surface area contributed by atoms with Crippen LogP contribution in [0.2, 0.25) is 0 Å². The van der Waals surface area contributed by atoms with Gasteiger partial charge in [0.25, 0.3) is 0 Å². The Morgan fingerprint density at radius 3 is 2.42 bits per heavy atom. The normalized spacial score (nSPS) is 20.6. The molecule has 2 aromatic carbocycles. The molecule has 1 aromatic heterocycles. The number of ether oxygens (including phenoxy) is 1. The molecule has 0 bridgehead atoms. The van der Waals surface area contributed by atoms with Gasteiger partial charge in [0.2, 0.25) is 29.5 Å². The van der Waals surface area contributed by atoms with Gasteiger partial charge in [0.05, 0.1) is 19.6 Å². The van der Waals surface area contributed by atoms with E-state index < -0.39 is 41.8 Å². The van der Waals surface area contributed by atoms with E-state index in [0.717, 1.165) is 22.0 Å². The molecule has 0 radical (unpaired) electrons. The van der Waals surface area contributed by atoms with Gasteiger partial charge >= 0.3 is 0 Å². The smallest absolute Gasteiger partial charge is 0.245 e. The summed E-state index contributed by atoms with van der Waals surface area (Å²) in [5, 5.41) is 9.35. The molecular weight excluding hydrogens is 576 g/mol. The van der Waals surface area contributed by atoms with Gasteiger partial charge in [-0.2, -0.15) is 0 Å². The Kier molecular flexibility index (Phi) is 11.7. The lowest BCUT2D eigenvalue weighted by molar-refractivity contribution is -0.142. The van der Waals surface area contributed by atoms with E-state index >= 15 is 0 Å². The van der Waals surface area contributed by atoms with Crippen molar-refractivity contribution in [2.45, 2.75) is 51.2 Å². The number of aromatic nitrogens is 1.